The highest BCUT2D eigenvalue weighted by Crippen LogP contribution is 2.33. The highest BCUT2D eigenvalue weighted by Gasteiger charge is 2.26. The number of nitrogens with one attached hydrogen (secondary N) is 2. The number of fused-ring (bicyclic) bond motifs is 1. The van der Waals surface area contributed by atoms with Crippen LogP contribution in [0.4, 0.5) is 10.2 Å². The summed E-state index contributed by atoms with van der Waals surface area (Å²) in [5, 5.41) is 11.5. The second-order valence-electron chi connectivity index (χ2n) is 8.89. The van der Waals surface area contributed by atoms with E-state index < -0.39 is 15.8 Å². The van der Waals surface area contributed by atoms with Crippen molar-refractivity contribution < 1.29 is 12.8 Å². The fraction of sp³-hybridized carbons (Fsp3) is 0.250. The molecule has 0 unspecified atom stereocenters. The first kappa shape index (κ1) is 24.9. The summed E-state index contributed by atoms with van der Waals surface area (Å²) in [5.74, 6) is -0.620. The Morgan fingerprint density at radius 3 is 2.73 bits per heavy atom. The van der Waals surface area contributed by atoms with Crippen LogP contribution in [0, 0.1) is 18.2 Å². The summed E-state index contributed by atoms with van der Waals surface area (Å²) in [5.41, 5.74) is 7.02. The topological polar surface area (TPSA) is 143 Å². The van der Waals surface area contributed by atoms with E-state index in [1.807, 2.05) is 6.92 Å². The number of aromatic nitrogens is 4. The molecule has 1 fully saturated rings. The van der Waals surface area contributed by atoms with E-state index in [2.05, 4.69) is 20.3 Å². The Morgan fingerprint density at radius 2 is 2.00 bits per heavy atom. The number of nitrogens with two attached hydrogens (primary N) is 1. The molecule has 192 valence electrons. The van der Waals surface area contributed by atoms with Crippen LogP contribution < -0.4 is 11.1 Å². The van der Waals surface area contributed by atoms with Crippen LogP contribution in [-0.4, -0.2) is 57.3 Å². The van der Waals surface area contributed by atoms with E-state index >= 15 is 0 Å². The Bertz CT molecular complexity index is 1610. The molecule has 0 spiro atoms. The lowest BCUT2D eigenvalue weighted by molar-refractivity contribution is 0.316. The number of halogens is 2. The SMILES string of the molecule is Cc1ccc(S(=O)(=O)n2cc(-c3ncc(F)c(N[C@H]4CCCN(C(=N)N)C4)n3)c3cc(Cl)cnc32)cc1. The van der Waals surface area contributed by atoms with E-state index in [0.29, 0.717) is 29.1 Å². The molecule has 0 aliphatic carbocycles. The van der Waals surface area contributed by atoms with E-state index in [4.69, 9.17) is 22.7 Å². The predicted molar refractivity (Wildman–Crippen MR) is 140 cm³/mol. The molecule has 0 saturated carbocycles. The van der Waals surface area contributed by atoms with E-state index in [1.165, 1.54) is 24.5 Å². The van der Waals surface area contributed by atoms with Gasteiger partial charge in [0.05, 0.1) is 16.1 Å². The maximum atomic E-state index is 14.7. The summed E-state index contributed by atoms with van der Waals surface area (Å²) in [6.07, 6.45) is 5.29. The zero-order valence-corrected chi connectivity index (χ0v) is 21.4. The minimum absolute atomic E-state index is 0.0299. The number of hydrogen-bond acceptors (Lipinski definition) is 7. The average Bonchev–Trinajstić information content (AvgIpc) is 3.25. The number of benzene rings is 1. The smallest absolute Gasteiger partial charge is 0.269 e. The summed E-state index contributed by atoms with van der Waals surface area (Å²) in [4.78, 5) is 14.6. The molecule has 13 heteroatoms. The van der Waals surface area contributed by atoms with Gasteiger partial charge in [-0.25, -0.2) is 31.7 Å². The molecule has 5 rings (SSSR count). The van der Waals surface area contributed by atoms with Crippen LogP contribution in [0.1, 0.15) is 18.4 Å². The van der Waals surface area contributed by atoms with Crippen LogP contribution in [0.15, 0.2) is 53.8 Å². The highest BCUT2D eigenvalue weighted by atomic mass is 35.5. The molecule has 1 aliphatic rings. The molecule has 0 radical (unpaired) electrons. The van der Waals surface area contributed by atoms with Gasteiger partial charge in [0.2, 0.25) is 0 Å². The molecule has 4 aromatic rings. The van der Waals surface area contributed by atoms with Crippen LogP contribution in [0.25, 0.3) is 22.4 Å². The molecular weight excluding hydrogens is 519 g/mol. The normalized spacial score (nSPS) is 16.2. The molecule has 3 aromatic heterocycles. The van der Waals surface area contributed by atoms with Crippen LogP contribution in [-0.2, 0) is 10.0 Å². The van der Waals surface area contributed by atoms with Gasteiger partial charge in [-0.15, -0.1) is 0 Å². The number of piperidine rings is 1. The van der Waals surface area contributed by atoms with Gasteiger partial charge in [0.1, 0.15) is 0 Å². The molecule has 1 aromatic carbocycles. The second kappa shape index (κ2) is 9.60. The van der Waals surface area contributed by atoms with Crippen molar-refractivity contribution in [3.8, 4) is 11.4 Å². The van der Waals surface area contributed by atoms with Crippen molar-refractivity contribution in [1.82, 2.24) is 23.8 Å². The van der Waals surface area contributed by atoms with Crippen molar-refractivity contribution in [2.75, 3.05) is 18.4 Å². The van der Waals surface area contributed by atoms with Crippen molar-refractivity contribution in [2.45, 2.75) is 30.7 Å². The van der Waals surface area contributed by atoms with Gasteiger partial charge in [-0.3, -0.25) is 5.41 Å². The third-order valence-electron chi connectivity index (χ3n) is 6.24. The van der Waals surface area contributed by atoms with E-state index in [0.717, 1.165) is 28.6 Å². The minimum Gasteiger partial charge on any atom is -0.370 e. The van der Waals surface area contributed by atoms with E-state index in [1.54, 1.807) is 23.1 Å². The minimum atomic E-state index is -4.01. The summed E-state index contributed by atoms with van der Waals surface area (Å²) < 4.78 is 42.8. The Morgan fingerprint density at radius 1 is 1.24 bits per heavy atom. The Hall–Kier alpha value is -3.77. The molecule has 10 nitrogen and oxygen atoms in total. The maximum Gasteiger partial charge on any atom is 0.269 e. The van der Waals surface area contributed by atoms with Crippen LogP contribution in [0.3, 0.4) is 0 Å². The van der Waals surface area contributed by atoms with Gasteiger partial charge in [-0.1, -0.05) is 29.3 Å². The quantitative estimate of drug-likeness (QED) is 0.256. The van der Waals surface area contributed by atoms with Crippen molar-refractivity contribution in [3.05, 3.63) is 65.3 Å². The van der Waals surface area contributed by atoms with Crippen LogP contribution in [0.5, 0.6) is 0 Å². The molecule has 1 atom stereocenters. The average molecular weight is 543 g/mol. The van der Waals surface area contributed by atoms with Crippen molar-refractivity contribution in [2.24, 2.45) is 5.73 Å². The summed E-state index contributed by atoms with van der Waals surface area (Å²) >= 11 is 6.19. The van der Waals surface area contributed by atoms with Crippen LogP contribution >= 0.6 is 11.6 Å². The molecular formula is C24H24ClFN8O2S. The number of anilines is 1. The summed E-state index contributed by atoms with van der Waals surface area (Å²) in [6.45, 7) is 2.96. The Kier molecular flexibility index (Phi) is 6.46. The van der Waals surface area contributed by atoms with Gasteiger partial charge in [-0.05, 0) is 38.0 Å². The number of aryl methyl sites for hydroxylation is 1. The predicted octanol–water partition coefficient (Wildman–Crippen LogP) is 3.60. The third-order valence-corrected chi connectivity index (χ3v) is 8.12. The molecule has 4 N–H and O–H groups in total. The lowest BCUT2D eigenvalue weighted by atomic mass is 10.1. The number of nitrogens with zero attached hydrogens (tertiary/aromatic N) is 5. The van der Waals surface area contributed by atoms with E-state index in [-0.39, 0.29) is 34.2 Å². The first-order valence-corrected chi connectivity index (χ1v) is 13.3. The van der Waals surface area contributed by atoms with Crippen molar-refractivity contribution >= 4 is 44.4 Å². The zero-order chi connectivity index (χ0) is 26.3. The highest BCUT2D eigenvalue weighted by molar-refractivity contribution is 7.90. The van der Waals surface area contributed by atoms with Gasteiger partial charge >= 0.3 is 0 Å². The number of hydrogen-bond donors (Lipinski definition) is 3. The van der Waals surface area contributed by atoms with Gasteiger partial charge in [0.25, 0.3) is 10.0 Å². The monoisotopic (exact) mass is 542 g/mol. The second-order valence-corrected chi connectivity index (χ2v) is 11.1. The molecule has 0 bridgehead atoms. The van der Waals surface area contributed by atoms with Crippen molar-refractivity contribution in [3.63, 3.8) is 0 Å². The zero-order valence-electron chi connectivity index (χ0n) is 19.8. The third kappa shape index (κ3) is 4.81. The summed E-state index contributed by atoms with van der Waals surface area (Å²) in [6, 6.07) is 7.86. The fourth-order valence-corrected chi connectivity index (χ4v) is 5.83. The van der Waals surface area contributed by atoms with Crippen LogP contribution in [0.2, 0.25) is 5.02 Å². The van der Waals surface area contributed by atoms with Gasteiger partial charge in [0.15, 0.2) is 29.1 Å². The standard InChI is InChI=1S/C24H24ClFN8O2S/c1-14-4-6-17(7-5-14)37(35,36)34-13-19(18-9-15(25)10-30-23(18)34)21-29-11-20(26)22(32-21)31-16-3-2-8-33(12-16)24(27)28/h4-7,9-11,13,16H,2-3,8,12H2,1H3,(H3,27,28)(H,29,31,32)/t16-/m0/s1. The molecule has 1 aliphatic heterocycles. The van der Waals surface area contributed by atoms with Gasteiger partial charge in [-0.2, -0.15) is 0 Å². The Balaban J connectivity index is 1.57. The Labute approximate surface area is 217 Å². The maximum absolute atomic E-state index is 14.7. The van der Waals surface area contributed by atoms with Gasteiger partial charge in [0, 0.05) is 42.5 Å². The number of likely N-dealkylation sites (tertiary alicyclic amines) is 1. The fourth-order valence-electron chi connectivity index (χ4n) is 4.34. The first-order valence-electron chi connectivity index (χ1n) is 11.5. The van der Waals surface area contributed by atoms with E-state index in [9.17, 15) is 12.8 Å². The number of rotatable bonds is 5. The molecule has 37 heavy (non-hydrogen) atoms. The lowest BCUT2D eigenvalue weighted by Crippen LogP contribution is -2.47. The molecule has 0 amide bonds. The number of pyridine rings is 1. The number of guanidine groups is 1. The first-order chi connectivity index (χ1) is 17.6. The largest absolute Gasteiger partial charge is 0.370 e. The van der Waals surface area contributed by atoms with Crippen molar-refractivity contribution in [1.29, 1.82) is 5.41 Å². The lowest BCUT2D eigenvalue weighted by Gasteiger charge is -2.33. The molecule has 1 saturated heterocycles. The molecule has 4 heterocycles. The van der Waals surface area contributed by atoms with Gasteiger partial charge < -0.3 is 16.0 Å². The summed E-state index contributed by atoms with van der Waals surface area (Å²) in [7, 11) is -4.01.